The van der Waals surface area contributed by atoms with Gasteiger partial charge in [-0.2, -0.15) is 5.26 Å². The van der Waals surface area contributed by atoms with E-state index in [1.165, 1.54) is 0 Å². The minimum atomic E-state index is -0.0997. The summed E-state index contributed by atoms with van der Waals surface area (Å²) in [5, 5.41) is 9.94. The Labute approximate surface area is 106 Å². The maximum absolute atomic E-state index is 9.22. The minimum Gasteiger partial charge on any atom is -0.198 e. The van der Waals surface area contributed by atoms with Crippen LogP contribution in [-0.4, -0.2) is 0 Å². The van der Waals surface area contributed by atoms with E-state index in [-0.39, 0.29) is 5.92 Å². The summed E-state index contributed by atoms with van der Waals surface area (Å²) in [6, 6.07) is 19.9. The smallest absolute Gasteiger partial charge is 0.0753 e. The number of hydrogen-bond donors (Lipinski definition) is 0. The fraction of sp³-hybridized carbons (Fsp3) is 0.133. The Bertz CT molecular complexity index is 511. The van der Waals surface area contributed by atoms with Gasteiger partial charge in [-0.25, -0.2) is 0 Å². The van der Waals surface area contributed by atoms with Gasteiger partial charge in [0.25, 0.3) is 0 Å². The molecule has 0 amide bonds. The summed E-state index contributed by atoms with van der Waals surface area (Å²) in [5.41, 5.74) is 2.19. The summed E-state index contributed by atoms with van der Waals surface area (Å²) in [5.74, 6) is -0.0997. The van der Waals surface area contributed by atoms with Gasteiger partial charge in [0.1, 0.15) is 0 Å². The minimum absolute atomic E-state index is 0.0997. The van der Waals surface area contributed by atoms with Gasteiger partial charge < -0.3 is 0 Å². The molecular formula is C15H12ClN. The van der Waals surface area contributed by atoms with E-state index in [1.54, 1.807) is 0 Å². The lowest BCUT2D eigenvalue weighted by Gasteiger charge is -2.09. The van der Waals surface area contributed by atoms with Crippen LogP contribution in [-0.2, 0) is 6.42 Å². The van der Waals surface area contributed by atoms with Crippen molar-refractivity contribution < 1.29 is 0 Å². The van der Waals surface area contributed by atoms with Crippen LogP contribution in [0.25, 0.3) is 0 Å². The standard InChI is InChI=1S/C15H12ClN/c16-15-8-6-12(7-9-15)10-14(11-17)13-4-2-1-3-5-13/h1-9,14H,10H2/t14-/m1/s1. The molecule has 1 atom stereocenters. The Balaban J connectivity index is 2.17. The first-order chi connectivity index (χ1) is 8.29. The molecule has 1 nitrogen and oxygen atoms in total. The fourth-order valence-electron chi connectivity index (χ4n) is 1.78. The second-order valence-electron chi connectivity index (χ2n) is 3.92. The van der Waals surface area contributed by atoms with Crippen LogP contribution >= 0.6 is 11.6 Å². The Morgan fingerprint density at radius 1 is 1.00 bits per heavy atom. The molecule has 17 heavy (non-hydrogen) atoms. The van der Waals surface area contributed by atoms with Crippen molar-refractivity contribution in [1.82, 2.24) is 0 Å². The summed E-state index contributed by atoms with van der Waals surface area (Å²) in [4.78, 5) is 0. The van der Waals surface area contributed by atoms with Crippen molar-refractivity contribution >= 4 is 11.6 Å². The molecule has 84 valence electrons. The van der Waals surface area contributed by atoms with E-state index in [0.717, 1.165) is 22.6 Å². The van der Waals surface area contributed by atoms with Crippen LogP contribution in [0.1, 0.15) is 17.0 Å². The Morgan fingerprint density at radius 3 is 2.24 bits per heavy atom. The number of nitrogens with zero attached hydrogens (tertiary/aromatic N) is 1. The molecule has 0 aromatic heterocycles. The van der Waals surface area contributed by atoms with E-state index in [4.69, 9.17) is 11.6 Å². The molecule has 2 heteroatoms. The zero-order valence-corrected chi connectivity index (χ0v) is 10.1. The molecule has 0 aliphatic rings. The number of benzene rings is 2. The molecule has 0 radical (unpaired) electrons. The number of halogens is 1. The van der Waals surface area contributed by atoms with Gasteiger partial charge in [-0.05, 0) is 29.7 Å². The first kappa shape index (κ1) is 11.7. The lowest BCUT2D eigenvalue weighted by molar-refractivity contribution is 0.849. The largest absolute Gasteiger partial charge is 0.198 e. The van der Waals surface area contributed by atoms with Gasteiger partial charge in [0.05, 0.1) is 12.0 Å². The molecule has 0 saturated carbocycles. The van der Waals surface area contributed by atoms with Gasteiger partial charge in [0.15, 0.2) is 0 Å². The van der Waals surface area contributed by atoms with Crippen LogP contribution in [0.3, 0.4) is 0 Å². The lowest BCUT2D eigenvalue weighted by atomic mass is 9.93. The quantitative estimate of drug-likeness (QED) is 0.791. The van der Waals surface area contributed by atoms with E-state index in [9.17, 15) is 5.26 Å². The summed E-state index contributed by atoms with van der Waals surface area (Å²) < 4.78 is 0. The average molecular weight is 242 g/mol. The maximum atomic E-state index is 9.22. The molecule has 0 fully saturated rings. The van der Waals surface area contributed by atoms with Crippen LogP contribution in [0.5, 0.6) is 0 Å². The molecular weight excluding hydrogens is 230 g/mol. The second kappa shape index (κ2) is 5.52. The van der Waals surface area contributed by atoms with Gasteiger partial charge in [-0.1, -0.05) is 54.1 Å². The normalized spacial score (nSPS) is 11.8. The first-order valence-electron chi connectivity index (χ1n) is 5.48. The summed E-state index contributed by atoms with van der Waals surface area (Å²) in [6.45, 7) is 0. The Morgan fingerprint density at radius 2 is 1.65 bits per heavy atom. The molecule has 2 rings (SSSR count). The van der Waals surface area contributed by atoms with Gasteiger partial charge in [-0.15, -0.1) is 0 Å². The highest BCUT2D eigenvalue weighted by Crippen LogP contribution is 2.21. The molecule has 0 heterocycles. The van der Waals surface area contributed by atoms with Crippen LogP contribution in [0.4, 0.5) is 0 Å². The predicted octanol–water partition coefficient (Wildman–Crippen LogP) is 4.19. The molecule has 0 unspecified atom stereocenters. The Kier molecular flexibility index (Phi) is 3.80. The van der Waals surface area contributed by atoms with Crippen molar-refractivity contribution in [3.8, 4) is 6.07 Å². The molecule has 0 aliphatic heterocycles. The zero-order chi connectivity index (χ0) is 12.1. The van der Waals surface area contributed by atoms with Crippen molar-refractivity contribution in [3.05, 3.63) is 70.7 Å². The fourth-order valence-corrected chi connectivity index (χ4v) is 1.91. The van der Waals surface area contributed by atoms with Crippen molar-refractivity contribution in [2.75, 3.05) is 0 Å². The van der Waals surface area contributed by atoms with E-state index in [2.05, 4.69) is 6.07 Å². The second-order valence-corrected chi connectivity index (χ2v) is 4.36. The number of hydrogen-bond acceptors (Lipinski definition) is 1. The van der Waals surface area contributed by atoms with E-state index in [1.807, 2.05) is 54.6 Å². The average Bonchev–Trinajstić information content (AvgIpc) is 2.39. The Hall–Kier alpha value is -1.78. The van der Waals surface area contributed by atoms with E-state index >= 15 is 0 Å². The highest BCUT2D eigenvalue weighted by Gasteiger charge is 2.10. The third-order valence-corrected chi connectivity index (χ3v) is 2.96. The first-order valence-corrected chi connectivity index (χ1v) is 5.86. The van der Waals surface area contributed by atoms with Crippen LogP contribution < -0.4 is 0 Å². The number of rotatable bonds is 3. The molecule has 0 saturated heterocycles. The van der Waals surface area contributed by atoms with Crippen molar-refractivity contribution in [2.45, 2.75) is 12.3 Å². The zero-order valence-electron chi connectivity index (χ0n) is 9.31. The SMILES string of the molecule is N#C[C@@H](Cc1ccc(Cl)cc1)c1ccccc1. The molecule has 0 spiro atoms. The van der Waals surface area contributed by atoms with Crippen molar-refractivity contribution in [1.29, 1.82) is 5.26 Å². The molecule has 0 bridgehead atoms. The molecule has 2 aromatic carbocycles. The van der Waals surface area contributed by atoms with Crippen molar-refractivity contribution in [3.63, 3.8) is 0 Å². The van der Waals surface area contributed by atoms with E-state index in [0.29, 0.717) is 0 Å². The third kappa shape index (κ3) is 3.09. The third-order valence-electron chi connectivity index (χ3n) is 2.71. The van der Waals surface area contributed by atoms with Gasteiger partial charge in [-0.3, -0.25) is 0 Å². The highest BCUT2D eigenvalue weighted by molar-refractivity contribution is 6.30. The lowest BCUT2D eigenvalue weighted by Crippen LogP contribution is -1.99. The molecule has 0 aliphatic carbocycles. The topological polar surface area (TPSA) is 23.8 Å². The summed E-state index contributed by atoms with van der Waals surface area (Å²) in [6.07, 6.45) is 0.720. The van der Waals surface area contributed by atoms with Crippen molar-refractivity contribution in [2.24, 2.45) is 0 Å². The monoisotopic (exact) mass is 241 g/mol. The van der Waals surface area contributed by atoms with Gasteiger partial charge in [0, 0.05) is 5.02 Å². The van der Waals surface area contributed by atoms with Crippen LogP contribution in [0.15, 0.2) is 54.6 Å². The predicted molar refractivity (Wildman–Crippen MR) is 70.0 cm³/mol. The van der Waals surface area contributed by atoms with Gasteiger partial charge >= 0.3 is 0 Å². The molecule has 0 N–H and O–H groups in total. The summed E-state index contributed by atoms with van der Waals surface area (Å²) >= 11 is 5.83. The summed E-state index contributed by atoms with van der Waals surface area (Å²) in [7, 11) is 0. The van der Waals surface area contributed by atoms with Crippen LogP contribution in [0, 0.1) is 11.3 Å². The number of nitriles is 1. The molecule has 2 aromatic rings. The van der Waals surface area contributed by atoms with E-state index < -0.39 is 0 Å². The van der Waals surface area contributed by atoms with Gasteiger partial charge in [0.2, 0.25) is 0 Å². The maximum Gasteiger partial charge on any atom is 0.0753 e. The van der Waals surface area contributed by atoms with Crippen LogP contribution in [0.2, 0.25) is 5.02 Å². The highest BCUT2D eigenvalue weighted by atomic mass is 35.5.